The van der Waals surface area contributed by atoms with Crippen molar-refractivity contribution in [1.82, 2.24) is 19.2 Å². The highest BCUT2D eigenvalue weighted by Gasteiger charge is 2.20. The summed E-state index contributed by atoms with van der Waals surface area (Å²) in [6.07, 6.45) is 0. The molecule has 0 amide bonds. The van der Waals surface area contributed by atoms with Crippen molar-refractivity contribution < 1.29 is 4.74 Å². The normalized spacial score (nSPS) is 15.0. The highest BCUT2D eigenvalue weighted by molar-refractivity contribution is 7.71. The van der Waals surface area contributed by atoms with Crippen LogP contribution in [0, 0.1) is 4.77 Å². The molecule has 7 heteroatoms. The van der Waals surface area contributed by atoms with Crippen molar-refractivity contribution >= 4 is 17.9 Å². The summed E-state index contributed by atoms with van der Waals surface area (Å²) < 4.78 is 10.1. The summed E-state index contributed by atoms with van der Waals surface area (Å²) in [5.74, 6) is 1.62. The van der Waals surface area contributed by atoms with Gasteiger partial charge >= 0.3 is 0 Å². The molecule has 0 atom stereocenters. The van der Waals surface area contributed by atoms with Gasteiger partial charge in [-0.25, -0.2) is 4.68 Å². The molecular formula is C21H25N5OS. The van der Waals surface area contributed by atoms with Gasteiger partial charge in [0.2, 0.25) is 0 Å². The highest BCUT2D eigenvalue weighted by atomic mass is 32.1. The maximum Gasteiger partial charge on any atom is 0.199 e. The quantitative estimate of drug-likeness (QED) is 0.619. The molecule has 0 saturated carbocycles. The molecule has 0 bridgehead atoms. The van der Waals surface area contributed by atoms with Crippen LogP contribution in [0.1, 0.15) is 0 Å². The zero-order chi connectivity index (χ0) is 19.5. The third kappa shape index (κ3) is 3.68. The molecule has 2 aromatic carbocycles. The van der Waals surface area contributed by atoms with E-state index in [1.54, 1.807) is 7.11 Å². The minimum absolute atomic E-state index is 0.699. The Hall–Kier alpha value is -2.64. The molecule has 1 aromatic heterocycles. The number of hydrogen-bond donors (Lipinski definition) is 0. The summed E-state index contributed by atoms with van der Waals surface area (Å²) in [5.41, 5.74) is 2.24. The Labute approximate surface area is 170 Å². The van der Waals surface area contributed by atoms with Crippen LogP contribution < -0.4 is 9.64 Å². The van der Waals surface area contributed by atoms with Crippen LogP contribution >= 0.6 is 12.2 Å². The molecule has 4 rings (SSSR count). The Morgan fingerprint density at radius 3 is 2.36 bits per heavy atom. The van der Waals surface area contributed by atoms with Crippen molar-refractivity contribution in [2.45, 2.75) is 6.67 Å². The number of rotatable bonds is 5. The molecule has 1 fully saturated rings. The van der Waals surface area contributed by atoms with Crippen LogP contribution in [0.3, 0.4) is 0 Å². The molecular weight excluding hydrogens is 370 g/mol. The average Bonchev–Trinajstić information content (AvgIpc) is 3.03. The van der Waals surface area contributed by atoms with E-state index in [1.807, 2.05) is 40.6 Å². The van der Waals surface area contributed by atoms with Gasteiger partial charge in [0.25, 0.3) is 0 Å². The molecule has 28 heavy (non-hydrogen) atoms. The third-order valence-electron chi connectivity index (χ3n) is 5.22. The van der Waals surface area contributed by atoms with Gasteiger partial charge in [-0.2, -0.15) is 5.10 Å². The van der Waals surface area contributed by atoms with E-state index >= 15 is 0 Å². The number of anilines is 1. The molecule has 1 saturated heterocycles. The molecule has 0 unspecified atom stereocenters. The second kappa shape index (κ2) is 8.16. The minimum Gasteiger partial charge on any atom is -0.496 e. The molecule has 3 aromatic rings. The van der Waals surface area contributed by atoms with Crippen molar-refractivity contribution in [3.63, 3.8) is 0 Å². The average molecular weight is 396 g/mol. The Balaban J connectivity index is 1.49. The summed E-state index contributed by atoms with van der Waals surface area (Å²) >= 11 is 5.65. The van der Waals surface area contributed by atoms with Gasteiger partial charge in [0.1, 0.15) is 5.75 Å². The Kier molecular flexibility index (Phi) is 5.45. The van der Waals surface area contributed by atoms with Crippen LogP contribution in [0.2, 0.25) is 0 Å². The van der Waals surface area contributed by atoms with Gasteiger partial charge in [-0.05, 0) is 36.5 Å². The van der Waals surface area contributed by atoms with E-state index < -0.39 is 0 Å². The Bertz CT molecular complexity index is 990. The lowest BCUT2D eigenvalue weighted by Crippen LogP contribution is -2.47. The first-order chi connectivity index (χ1) is 13.7. The largest absolute Gasteiger partial charge is 0.496 e. The zero-order valence-corrected chi connectivity index (χ0v) is 17.1. The molecule has 2 heterocycles. The number of hydrogen-bond acceptors (Lipinski definition) is 5. The maximum atomic E-state index is 5.65. The van der Waals surface area contributed by atoms with E-state index in [2.05, 4.69) is 40.1 Å². The molecule has 0 aliphatic carbocycles. The van der Waals surface area contributed by atoms with Gasteiger partial charge in [-0.1, -0.05) is 30.3 Å². The van der Waals surface area contributed by atoms with Crippen molar-refractivity contribution in [2.75, 3.05) is 38.2 Å². The SMILES string of the molecule is COc1ccccc1-c1nn(CN2CCN(c3ccccc3)CC2)c(=S)n1C. The number of piperazine rings is 1. The zero-order valence-electron chi connectivity index (χ0n) is 16.3. The number of methoxy groups -OCH3 is 1. The fraction of sp³-hybridized carbons (Fsp3) is 0.333. The van der Waals surface area contributed by atoms with E-state index in [0.717, 1.165) is 43.3 Å². The van der Waals surface area contributed by atoms with Crippen molar-refractivity contribution in [3.05, 3.63) is 59.4 Å². The summed E-state index contributed by atoms with van der Waals surface area (Å²) in [6, 6.07) is 18.5. The number of para-hydroxylation sites is 2. The first-order valence-electron chi connectivity index (χ1n) is 9.47. The van der Waals surface area contributed by atoms with Crippen LogP contribution in [0.25, 0.3) is 11.4 Å². The maximum absolute atomic E-state index is 5.65. The third-order valence-corrected chi connectivity index (χ3v) is 5.70. The summed E-state index contributed by atoms with van der Waals surface area (Å²) in [6.45, 7) is 4.67. The van der Waals surface area contributed by atoms with Crippen LogP contribution in [0.15, 0.2) is 54.6 Å². The Morgan fingerprint density at radius 2 is 1.64 bits per heavy atom. The topological polar surface area (TPSA) is 38.5 Å². The van der Waals surface area contributed by atoms with Gasteiger partial charge in [0.15, 0.2) is 10.6 Å². The van der Waals surface area contributed by atoms with E-state index in [4.69, 9.17) is 22.1 Å². The van der Waals surface area contributed by atoms with Gasteiger partial charge in [-0.3, -0.25) is 4.90 Å². The van der Waals surface area contributed by atoms with Gasteiger partial charge in [0, 0.05) is 38.9 Å². The number of nitrogens with zero attached hydrogens (tertiary/aromatic N) is 5. The number of benzene rings is 2. The van der Waals surface area contributed by atoms with Crippen molar-refractivity contribution in [1.29, 1.82) is 0 Å². The van der Waals surface area contributed by atoms with E-state index in [1.165, 1.54) is 5.69 Å². The van der Waals surface area contributed by atoms with Gasteiger partial charge in [0.05, 0.1) is 19.3 Å². The summed E-state index contributed by atoms with van der Waals surface area (Å²) in [5, 5.41) is 4.80. The van der Waals surface area contributed by atoms with E-state index in [9.17, 15) is 0 Å². The second-order valence-corrected chi connectivity index (χ2v) is 7.31. The second-order valence-electron chi connectivity index (χ2n) is 6.95. The van der Waals surface area contributed by atoms with Crippen LogP contribution in [0.4, 0.5) is 5.69 Å². The van der Waals surface area contributed by atoms with Gasteiger partial charge < -0.3 is 14.2 Å². The number of ether oxygens (including phenoxy) is 1. The highest BCUT2D eigenvalue weighted by Crippen LogP contribution is 2.28. The minimum atomic E-state index is 0.699. The lowest BCUT2D eigenvalue weighted by atomic mass is 10.2. The first-order valence-corrected chi connectivity index (χ1v) is 9.88. The summed E-state index contributed by atoms with van der Waals surface area (Å²) in [7, 11) is 3.64. The lowest BCUT2D eigenvalue weighted by Gasteiger charge is -2.35. The van der Waals surface area contributed by atoms with E-state index in [-0.39, 0.29) is 0 Å². The fourth-order valence-corrected chi connectivity index (χ4v) is 3.80. The lowest BCUT2D eigenvalue weighted by molar-refractivity contribution is 0.194. The van der Waals surface area contributed by atoms with Crippen LogP contribution in [0.5, 0.6) is 5.75 Å². The van der Waals surface area contributed by atoms with E-state index in [0.29, 0.717) is 11.4 Å². The van der Waals surface area contributed by atoms with Crippen LogP contribution in [-0.4, -0.2) is 52.5 Å². The molecule has 1 aliphatic heterocycles. The molecule has 6 nitrogen and oxygen atoms in total. The molecule has 146 valence electrons. The predicted octanol–water partition coefficient (Wildman–Crippen LogP) is 3.41. The molecule has 0 N–H and O–H groups in total. The standard InChI is InChI=1S/C21H25N5OS/c1-23-20(18-10-6-7-11-19(18)27-2)22-26(21(23)28)16-24-12-14-25(15-13-24)17-8-4-3-5-9-17/h3-11H,12-16H2,1-2H3. The smallest absolute Gasteiger partial charge is 0.199 e. The molecule has 0 spiro atoms. The van der Waals surface area contributed by atoms with Crippen LogP contribution in [-0.2, 0) is 13.7 Å². The molecule has 1 aliphatic rings. The predicted molar refractivity (Wildman–Crippen MR) is 114 cm³/mol. The van der Waals surface area contributed by atoms with Gasteiger partial charge in [-0.15, -0.1) is 0 Å². The Morgan fingerprint density at radius 1 is 0.964 bits per heavy atom. The fourth-order valence-electron chi connectivity index (χ4n) is 3.62. The van der Waals surface area contributed by atoms with Crippen molar-refractivity contribution in [3.8, 4) is 17.1 Å². The van der Waals surface area contributed by atoms with Crippen molar-refractivity contribution in [2.24, 2.45) is 7.05 Å². The summed E-state index contributed by atoms with van der Waals surface area (Å²) in [4.78, 5) is 4.82. The monoisotopic (exact) mass is 395 g/mol. The first kappa shape index (κ1) is 18.7. The molecule has 0 radical (unpaired) electrons. The number of aromatic nitrogens is 3.